The van der Waals surface area contributed by atoms with Gasteiger partial charge >= 0.3 is 0 Å². The van der Waals surface area contributed by atoms with Gasteiger partial charge in [-0.3, -0.25) is 25.0 Å². The summed E-state index contributed by atoms with van der Waals surface area (Å²) in [6.07, 6.45) is 1.20. The number of amides is 2. The van der Waals surface area contributed by atoms with Crippen LogP contribution in [0, 0.1) is 10.1 Å². The molecule has 2 aromatic heterocycles. The number of anilines is 3. The average molecular weight is 827 g/mol. The Labute approximate surface area is 336 Å². The largest absolute Gasteiger partial charge is 0.491 e. The molecule has 3 heterocycles. The Morgan fingerprint density at radius 2 is 1.79 bits per heavy atom. The van der Waals surface area contributed by atoms with Crippen molar-refractivity contribution in [3.8, 4) is 5.75 Å². The molecule has 4 aromatic carbocycles. The highest BCUT2D eigenvalue weighted by atomic mass is 32.2. The van der Waals surface area contributed by atoms with Gasteiger partial charge in [0.25, 0.3) is 27.5 Å². The Hall–Kier alpha value is -5.95. The number of para-hydroxylation sites is 2. The number of fused-ring (bicyclic) bond motifs is 2. The second-order valence-corrected chi connectivity index (χ2v) is 17.0. The quantitative estimate of drug-likeness (QED) is 0.0764. The summed E-state index contributed by atoms with van der Waals surface area (Å²) in [5.74, 6) is -0.634. The number of benzene rings is 4. The van der Waals surface area contributed by atoms with Crippen molar-refractivity contribution in [2.24, 2.45) is 0 Å². The summed E-state index contributed by atoms with van der Waals surface area (Å²) in [5.41, 5.74) is 2.62. The minimum Gasteiger partial charge on any atom is -0.491 e. The van der Waals surface area contributed by atoms with E-state index in [0.717, 1.165) is 38.7 Å². The first kappa shape index (κ1) is 39.3. The van der Waals surface area contributed by atoms with Gasteiger partial charge in [0.15, 0.2) is 10.3 Å². The van der Waals surface area contributed by atoms with E-state index in [1.807, 2.05) is 95.3 Å². The Balaban J connectivity index is 1.02. The molecule has 294 valence electrons. The number of nitro groups is 1. The summed E-state index contributed by atoms with van der Waals surface area (Å²) in [6, 6.07) is 25.5. The molecule has 0 saturated carbocycles. The van der Waals surface area contributed by atoms with Gasteiger partial charge in [0, 0.05) is 30.1 Å². The van der Waals surface area contributed by atoms with Crippen LogP contribution in [0.1, 0.15) is 38.4 Å². The fraction of sp³-hybridized carbons (Fsp3) is 0.231. The summed E-state index contributed by atoms with van der Waals surface area (Å²) in [6.45, 7) is 1.76. The van der Waals surface area contributed by atoms with Crippen LogP contribution in [0.15, 0.2) is 101 Å². The molecule has 2 amide bonds. The molecule has 7 rings (SSSR count). The second-order valence-electron chi connectivity index (χ2n) is 13.5. The highest BCUT2D eigenvalue weighted by molar-refractivity contribution is 7.90. The highest BCUT2D eigenvalue weighted by Gasteiger charge is 2.28. The lowest BCUT2D eigenvalue weighted by Gasteiger charge is -2.29. The smallest absolute Gasteiger partial charge is 0.293 e. The fourth-order valence-corrected chi connectivity index (χ4v) is 8.96. The Morgan fingerprint density at radius 1 is 1.00 bits per heavy atom. The number of aromatic nitrogens is 2. The van der Waals surface area contributed by atoms with Crippen molar-refractivity contribution in [2.45, 2.75) is 30.3 Å². The van der Waals surface area contributed by atoms with E-state index in [9.17, 15) is 28.1 Å². The number of nitrogens with one attached hydrogen (secondary N) is 3. The lowest BCUT2D eigenvalue weighted by atomic mass is 9.94. The van der Waals surface area contributed by atoms with Crippen LogP contribution in [0.25, 0.3) is 10.2 Å². The third-order valence-corrected chi connectivity index (χ3v) is 12.4. The first-order chi connectivity index (χ1) is 27.4. The maximum absolute atomic E-state index is 13.5. The molecule has 1 aliphatic rings. The predicted octanol–water partition coefficient (Wildman–Crippen LogP) is 6.41. The van der Waals surface area contributed by atoms with Crippen LogP contribution in [0.2, 0.25) is 0 Å². The summed E-state index contributed by atoms with van der Waals surface area (Å²) in [5, 5.41) is 20.7. The molecule has 1 atom stereocenters. The molecule has 1 aliphatic heterocycles. The molecule has 0 unspecified atom stereocenters. The van der Waals surface area contributed by atoms with E-state index in [-0.39, 0.29) is 29.9 Å². The van der Waals surface area contributed by atoms with Crippen LogP contribution in [-0.2, 0) is 23.0 Å². The third-order valence-electron chi connectivity index (χ3n) is 9.21. The molecule has 0 aliphatic carbocycles. The van der Waals surface area contributed by atoms with Crippen molar-refractivity contribution in [1.29, 1.82) is 0 Å². The number of ether oxygens (including phenoxy) is 1. The van der Waals surface area contributed by atoms with Gasteiger partial charge in [0.2, 0.25) is 0 Å². The van der Waals surface area contributed by atoms with Gasteiger partial charge in [-0.25, -0.2) is 23.1 Å². The van der Waals surface area contributed by atoms with Crippen molar-refractivity contribution in [1.82, 2.24) is 19.6 Å². The average Bonchev–Trinajstić information content (AvgIpc) is 3.86. The second kappa shape index (κ2) is 17.0. The number of hydrogen-bond donors (Lipinski definition) is 3. The van der Waals surface area contributed by atoms with Crippen LogP contribution < -0.4 is 25.0 Å². The van der Waals surface area contributed by atoms with Crippen molar-refractivity contribution >= 4 is 76.4 Å². The van der Waals surface area contributed by atoms with E-state index in [1.54, 1.807) is 6.07 Å². The van der Waals surface area contributed by atoms with Crippen molar-refractivity contribution in [3.05, 3.63) is 129 Å². The molecule has 0 saturated heterocycles. The minimum atomic E-state index is -4.54. The molecule has 0 spiro atoms. The number of carbonyl (C=O) groups excluding carboxylic acids is 2. The molecule has 6 aromatic rings. The van der Waals surface area contributed by atoms with E-state index < -0.39 is 31.4 Å². The van der Waals surface area contributed by atoms with E-state index in [2.05, 4.69) is 20.6 Å². The fourth-order valence-electron chi connectivity index (χ4n) is 6.29. The number of hydrogen-bond acceptors (Lipinski definition) is 14. The predicted molar refractivity (Wildman–Crippen MR) is 221 cm³/mol. The summed E-state index contributed by atoms with van der Waals surface area (Å²) in [4.78, 5) is 50.6. The van der Waals surface area contributed by atoms with Crippen LogP contribution in [0.4, 0.5) is 21.6 Å². The van der Waals surface area contributed by atoms with E-state index in [4.69, 9.17) is 4.74 Å². The Morgan fingerprint density at radius 3 is 2.56 bits per heavy atom. The molecular formula is C39H38N8O7S3. The maximum atomic E-state index is 13.5. The normalized spacial score (nSPS) is 13.2. The van der Waals surface area contributed by atoms with Gasteiger partial charge < -0.3 is 19.9 Å². The van der Waals surface area contributed by atoms with Crippen LogP contribution in [0.3, 0.4) is 0 Å². The number of carbonyl (C=O) groups is 2. The Kier molecular flexibility index (Phi) is 11.7. The van der Waals surface area contributed by atoms with Crippen LogP contribution >= 0.6 is 22.7 Å². The monoisotopic (exact) mass is 826 g/mol. The standard InChI is InChI=1S/C39H38N8O7S3/c1-45(2)19-18-26(23-54-27-10-4-3-5-11-27)40-31-16-15-28(21-34(31)47(50)51)57(52,53)44-37(49)33-24-55-39(42-33)46-20-17-25-9-8-12-29(30(25)22-46)36(48)43-38-41-32-13-6-7-14-35(32)56-38/h3-16,21,24,26,40H,17-20,22-23H2,1-2H3,(H,44,49)(H,41,43,48)/t26-/m1/s1. The zero-order chi connectivity index (χ0) is 40.1. The van der Waals surface area contributed by atoms with Gasteiger partial charge in [-0.15, -0.1) is 11.3 Å². The van der Waals surface area contributed by atoms with Gasteiger partial charge in [-0.05, 0) is 87.1 Å². The molecule has 0 bridgehead atoms. The van der Waals surface area contributed by atoms with E-state index >= 15 is 0 Å². The van der Waals surface area contributed by atoms with Gasteiger partial charge in [-0.2, -0.15) is 0 Å². The summed E-state index contributed by atoms with van der Waals surface area (Å²) < 4.78 is 35.7. The number of sulfonamides is 1. The lowest BCUT2D eigenvalue weighted by molar-refractivity contribution is -0.384. The molecule has 57 heavy (non-hydrogen) atoms. The third kappa shape index (κ3) is 9.37. The molecule has 15 nitrogen and oxygen atoms in total. The number of nitrogens with zero attached hydrogens (tertiary/aromatic N) is 5. The number of thiazole rings is 2. The maximum Gasteiger partial charge on any atom is 0.293 e. The summed E-state index contributed by atoms with van der Waals surface area (Å²) >= 11 is 2.55. The summed E-state index contributed by atoms with van der Waals surface area (Å²) in [7, 11) is -0.719. The van der Waals surface area contributed by atoms with Crippen molar-refractivity contribution in [3.63, 3.8) is 0 Å². The van der Waals surface area contributed by atoms with Crippen molar-refractivity contribution in [2.75, 3.05) is 49.3 Å². The lowest BCUT2D eigenvalue weighted by Crippen LogP contribution is -2.33. The van der Waals surface area contributed by atoms with Gasteiger partial charge in [-0.1, -0.05) is 53.8 Å². The zero-order valence-corrected chi connectivity index (χ0v) is 33.3. The molecule has 3 N–H and O–H groups in total. The van der Waals surface area contributed by atoms with Crippen molar-refractivity contribution < 1.29 is 27.7 Å². The number of nitro benzene ring substituents is 1. The zero-order valence-electron chi connectivity index (χ0n) is 30.9. The molecule has 0 fully saturated rings. The Bertz CT molecular complexity index is 2510. The number of rotatable bonds is 15. The highest BCUT2D eigenvalue weighted by Crippen LogP contribution is 2.32. The van der Waals surface area contributed by atoms with Gasteiger partial charge in [0.1, 0.15) is 23.7 Å². The van der Waals surface area contributed by atoms with Gasteiger partial charge in [0.05, 0.1) is 26.1 Å². The van der Waals surface area contributed by atoms with E-state index in [1.165, 1.54) is 28.8 Å². The minimum absolute atomic E-state index is 0.107. The SMILES string of the molecule is CN(C)CC[C@H](COc1ccccc1)Nc1ccc(S(=O)(=O)NC(=O)c2csc(N3CCc4cccc(C(=O)Nc5nc6ccccc6s5)c4C3)n2)cc1[N+](=O)[O-]. The van der Waals surface area contributed by atoms with E-state index in [0.29, 0.717) is 54.1 Å². The topological polar surface area (TPSA) is 189 Å². The molecule has 0 radical (unpaired) electrons. The molecular weight excluding hydrogens is 789 g/mol. The van der Waals surface area contributed by atoms with Crippen LogP contribution in [-0.4, -0.2) is 79.9 Å². The first-order valence-corrected chi connectivity index (χ1v) is 21.0. The van der Waals surface area contributed by atoms with Crippen LogP contribution in [0.5, 0.6) is 5.75 Å². The first-order valence-electron chi connectivity index (χ1n) is 17.9. The molecule has 18 heteroatoms.